The molecule has 4 heteroatoms. The van der Waals surface area contributed by atoms with Crippen LogP contribution >= 0.6 is 0 Å². The van der Waals surface area contributed by atoms with Gasteiger partial charge in [-0.15, -0.1) is 0 Å². The van der Waals surface area contributed by atoms with E-state index in [2.05, 4.69) is 32.6 Å². The lowest BCUT2D eigenvalue weighted by molar-refractivity contribution is -0.186. The molecule has 1 atom stereocenters. The zero-order valence-corrected chi connectivity index (χ0v) is 12.2. The Morgan fingerprint density at radius 1 is 1.11 bits per heavy atom. The van der Waals surface area contributed by atoms with E-state index in [0.717, 1.165) is 32.7 Å². The number of aliphatic hydroxyl groups is 1. The summed E-state index contributed by atoms with van der Waals surface area (Å²) < 4.78 is 11.6. The van der Waals surface area contributed by atoms with E-state index in [-0.39, 0.29) is 23.2 Å². The third-order valence-corrected chi connectivity index (χ3v) is 3.84. The monoisotopic (exact) mass is 257 g/mol. The normalized spacial score (nSPS) is 35.8. The van der Waals surface area contributed by atoms with Gasteiger partial charge in [0.2, 0.25) is 0 Å². The highest BCUT2D eigenvalue weighted by atomic mass is 16.5. The molecule has 0 aliphatic carbocycles. The number of hydrogen-bond acceptors (Lipinski definition) is 4. The average molecular weight is 257 g/mol. The maximum Gasteiger partial charge on any atom is 0.0760 e. The molecule has 2 aliphatic rings. The molecule has 0 amide bonds. The number of ether oxygens (including phenoxy) is 2. The molecule has 0 radical (unpaired) electrons. The average Bonchev–Trinajstić information content (AvgIpc) is 2.61. The molecule has 2 fully saturated rings. The highest BCUT2D eigenvalue weighted by Gasteiger charge is 2.42. The molecule has 1 unspecified atom stereocenters. The first-order valence-electron chi connectivity index (χ1n) is 6.87. The fraction of sp³-hybridized carbons (Fsp3) is 1.00. The number of rotatable bonds is 3. The molecule has 2 heterocycles. The second kappa shape index (κ2) is 4.75. The summed E-state index contributed by atoms with van der Waals surface area (Å²) in [5, 5.41) is 9.67. The van der Waals surface area contributed by atoms with Gasteiger partial charge in [-0.25, -0.2) is 0 Å². The van der Waals surface area contributed by atoms with E-state index in [9.17, 15) is 5.11 Å². The van der Waals surface area contributed by atoms with Crippen molar-refractivity contribution in [3.63, 3.8) is 0 Å². The predicted molar refractivity (Wildman–Crippen MR) is 70.6 cm³/mol. The van der Waals surface area contributed by atoms with E-state index < -0.39 is 0 Å². The Hall–Kier alpha value is -0.160. The molecule has 106 valence electrons. The predicted octanol–water partition coefficient (Wildman–Crippen LogP) is 1.27. The topological polar surface area (TPSA) is 41.9 Å². The van der Waals surface area contributed by atoms with Crippen LogP contribution < -0.4 is 0 Å². The minimum Gasteiger partial charge on any atom is -0.396 e. The molecule has 2 saturated heterocycles. The van der Waals surface area contributed by atoms with Crippen molar-refractivity contribution < 1.29 is 14.6 Å². The Labute approximate surface area is 110 Å². The van der Waals surface area contributed by atoms with E-state index in [1.54, 1.807) is 0 Å². The van der Waals surface area contributed by atoms with Gasteiger partial charge in [-0.2, -0.15) is 0 Å². The number of hydrogen-bond donors (Lipinski definition) is 1. The van der Waals surface area contributed by atoms with E-state index >= 15 is 0 Å². The first kappa shape index (κ1) is 14.3. The van der Waals surface area contributed by atoms with E-state index in [1.165, 1.54) is 0 Å². The Kier molecular flexibility index (Phi) is 3.76. The zero-order valence-electron chi connectivity index (χ0n) is 12.2. The van der Waals surface area contributed by atoms with Crippen LogP contribution in [-0.2, 0) is 9.47 Å². The number of morpholine rings is 1. The van der Waals surface area contributed by atoms with E-state index in [4.69, 9.17) is 9.47 Å². The molecule has 0 aromatic heterocycles. The highest BCUT2D eigenvalue weighted by Crippen LogP contribution is 2.34. The van der Waals surface area contributed by atoms with Crippen LogP contribution in [0.4, 0.5) is 0 Å². The van der Waals surface area contributed by atoms with Crippen molar-refractivity contribution >= 4 is 0 Å². The van der Waals surface area contributed by atoms with Crippen molar-refractivity contribution in [3.8, 4) is 0 Å². The Morgan fingerprint density at radius 3 is 2.17 bits per heavy atom. The van der Waals surface area contributed by atoms with Crippen LogP contribution in [0.25, 0.3) is 0 Å². The minimum atomic E-state index is -0.127. The number of nitrogens with zero attached hydrogens (tertiary/aromatic N) is 1. The van der Waals surface area contributed by atoms with Crippen molar-refractivity contribution in [3.05, 3.63) is 0 Å². The molecule has 0 bridgehead atoms. The van der Waals surface area contributed by atoms with Crippen molar-refractivity contribution in [2.24, 2.45) is 5.41 Å². The molecule has 0 aromatic carbocycles. The fourth-order valence-corrected chi connectivity index (χ4v) is 3.48. The summed E-state index contributed by atoms with van der Waals surface area (Å²) in [6, 6.07) is 0. The molecular weight excluding hydrogens is 230 g/mol. The van der Waals surface area contributed by atoms with Crippen LogP contribution in [0, 0.1) is 5.41 Å². The van der Waals surface area contributed by atoms with Gasteiger partial charge in [-0.05, 0) is 34.1 Å². The number of aliphatic hydroxyl groups excluding tert-OH is 1. The van der Waals surface area contributed by atoms with Gasteiger partial charge in [0.05, 0.1) is 24.4 Å². The summed E-state index contributed by atoms with van der Waals surface area (Å²) in [6.45, 7) is 12.9. The molecule has 18 heavy (non-hydrogen) atoms. The van der Waals surface area contributed by atoms with Gasteiger partial charge in [0, 0.05) is 31.7 Å². The van der Waals surface area contributed by atoms with Gasteiger partial charge in [-0.1, -0.05) is 0 Å². The molecular formula is C14H27NO3. The lowest BCUT2D eigenvalue weighted by Gasteiger charge is -2.49. The fourth-order valence-electron chi connectivity index (χ4n) is 3.48. The van der Waals surface area contributed by atoms with E-state index in [0.29, 0.717) is 6.61 Å². The maximum atomic E-state index is 9.67. The standard InChI is InChI=1S/C14H27NO3/c1-12(2)7-15(8-13(3,4)18-12)9-14(10-16)5-6-17-11-14/h16H,5-11H2,1-4H3. The first-order chi connectivity index (χ1) is 8.26. The molecule has 2 aliphatic heterocycles. The lowest BCUT2D eigenvalue weighted by atomic mass is 9.86. The summed E-state index contributed by atoms with van der Waals surface area (Å²) >= 11 is 0. The van der Waals surface area contributed by atoms with Gasteiger partial charge in [-0.3, -0.25) is 4.90 Å². The summed E-state index contributed by atoms with van der Waals surface area (Å²) in [5.74, 6) is 0. The van der Waals surface area contributed by atoms with Gasteiger partial charge in [0.15, 0.2) is 0 Å². The van der Waals surface area contributed by atoms with Crippen LogP contribution in [0.15, 0.2) is 0 Å². The largest absolute Gasteiger partial charge is 0.396 e. The summed E-state index contributed by atoms with van der Waals surface area (Å²) in [4.78, 5) is 2.42. The third kappa shape index (κ3) is 3.23. The smallest absolute Gasteiger partial charge is 0.0760 e. The molecule has 4 nitrogen and oxygen atoms in total. The Balaban J connectivity index is 2.04. The van der Waals surface area contributed by atoms with Crippen molar-refractivity contribution in [1.82, 2.24) is 4.90 Å². The molecule has 0 spiro atoms. The molecule has 1 N–H and O–H groups in total. The third-order valence-electron chi connectivity index (χ3n) is 3.84. The van der Waals surface area contributed by atoms with Crippen LogP contribution in [-0.4, -0.2) is 60.7 Å². The van der Waals surface area contributed by atoms with Crippen LogP contribution in [0.2, 0.25) is 0 Å². The van der Waals surface area contributed by atoms with Gasteiger partial charge in [0.1, 0.15) is 0 Å². The molecule has 0 aromatic rings. The first-order valence-corrected chi connectivity index (χ1v) is 6.87. The van der Waals surface area contributed by atoms with Gasteiger partial charge in [0.25, 0.3) is 0 Å². The second-order valence-corrected chi connectivity index (χ2v) is 7.23. The van der Waals surface area contributed by atoms with Crippen molar-refractivity contribution in [1.29, 1.82) is 0 Å². The van der Waals surface area contributed by atoms with Crippen LogP contribution in [0.3, 0.4) is 0 Å². The summed E-state index contributed by atoms with van der Waals surface area (Å²) in [6.07, 6.45) is 0.960. The maximum absolute atomic E-state index is 9.67. The van der Waals surface area contributed by atoms with Gasteiger partial charge >= 0.3 is 0 Å². The summed E-state index contributed by atoms with van der Waals surface area (Å²) in [7, 11) is 0. The van der Waals surface area contributed by atoms with Crippen LogP contribution in [0.5, 0.6) is 0 Å². The van der Waals surface area contributed by atoms with Crippen molar-refractivity contribution in [2.45, 2.75) is 45.3 Å². The highest BCUT2D eigenvalue weighted by molar-refractivity contribution is 4.93. The Morgan fingerprint density at radius 2 is 1.72 bits per heavy atom. The summed E-state index contributed by atoms with van der Waals surface area (Å²) in [5.41, 5.74) is -0.320. The van der Waals surface area contributed by atoms with Crippen molar-refractivity contribution in [2.75, 3.05) is 39.5 Å². The molecule has 0 saturated carbocycles. The quantitative estimate of drug-likeness (QED) is 0.827. The molecule has 2 rings (SSSR count). The Bertz CT molecular complexity index is 279. The van der Waals surface area contributed by atoms with Crippen LogP contribution in [0.1, 0.15) is 34.1 Å². The van der Waals surface area contributed by atoms with Gasteiger partial charge < -0.3 is 14.6 Å². The second-order valence-electron chi connectivity index (χ2n) is 7.23. The SMILES string of the molecule is CC1(C)CN(CC2(CO)CCOC2)CC(C)(C)O1. The zero-order chi connectivity index (χ0) is 13.4. The lowest BCUT2D eigenvalue weighted by Crippen LogP contribution is -2.59. The van der Waals surface area contributed by atoms with E-state index in [1.807, 2.05) is 0 Å². The minimum absolute atomic E-state index is 0.0660.